The van der Waals surface area contributed by atoms with E-state index in [4.69, 9.17) is 5.73 Å². The molecule has 0 saturated carbocycles. The third kappa shape index (κ3) is 9.89. The highest BCUT2D eigenvalue weighted by molar-refractivity contribution is 6.10. The Kier molecular flexibility index (Phi) is 12.3. The van der Waals surface area contributed by atoms with E-state index in [1.54, 1.807) is 115 Å². The monoisotopic (exact) mass is 682 g/mol. The molecule has 5 rings (SSSR count). The Morgan fingerprint density at radius 1 is 0.392 bits per heavy atom. The lowest BCUT2D eigenvalue weighted by atomic mass is 10.2. The zero-order valence-electron chi connectivity index (χ0n) is 27.9. The summed E-state index contributed by atoms with van der Waals surface area (Å²) in [4.78, 5) is 73.1. The fourth-order valence-electron chi connectivity index (χ4n) is 5.37. The third-order valence-corrected chi connectivity index (χ3v) is 7.89. The Morgan fingerprint density at radius 2 is 0.667 bits per heavy atom. The average molecular weight is 683 g/mol. The highest BCUT2D eigenvalue weighted by atomic mass is 16.2. The van der Waals surface area contributed by atoms with Crippen molar-refractivity contribution in [2.75, 3.05) is 57.6 Å². The fourth-order valence-corrected chi connectivity index (χ4v) is 5.37. The van der Waals surface area contributed by atoms with Crippen LogP contribution in [0.5, 0.6) is 0 Å². The Bertz CT molecular complexity index is 1910. The molecule has 0 bridgehead atoms. The largest absolute Gasteiger partial charge is 0.376 e. The van der Waals surface area contributed by atoms with Crippen molar-refractivity contribution in [3.63, 3.8) is 0 Å². The first kappa shape index (κ1) is 35.6. The van der Waals surface area contributed by atoms with Crippen LogP contribution in [0.15, 0.2) is 152 Å². The molecule has 11 heteroatoms. The quantitative estimate of drug-likeness (QED) is 0.164. The number of nitrogens with one attached hydrogen (secondary N) is 1. The first-order valence-electron chi connectivity index (χ1n) is 16.3. The van der Waals surface area contributed by atoms with E-state index < -0.39 is 43.3 Å². The first-order valence-corrected chi connectivity index (χ1v) is 16.3. The van der Waals surface area contributed by atoms with Gasteiger partial charge in [0.25, 0.3) is 0 Å². The molecule has 0 aliphatic rings. The van der Waals surface area contributed by atoms with Crippen LogP contribution in [0, 0.1) is 0 Å². The SMILES string of the molecule is NC(=O)CN(C(=O)CN(C(=O)CN(C(=O)CN(C(=O)CNc1ccccc1)c1ccccc1)c1ccccc1)c1ccccc1)c1ccccc1. The first-order chi connectivity index (χ1) is 24.8. The molecule has 0 radical (unpaired) electrons. The maximum absolute atomic E-state index is 14.3. The second-order valence-electron chi connectivity index (χ2n) is 11.4. The topological polar surface area (TPSA) is 136 Å². The van der Waals surface area contributed by atoms with Gasteiger partial charge in [-0.1, -0.05) is 91.0 Å². The normalized spacial score (nSPS) is 10.4. The molecule has 0 atom stereocenters. The van der Waals surface area contributed by atoms with Gasteiger partial charge in [0.15, 0.2) is 0 Å². The van der Waals surface area contributed by atoms with Gasteiger partial charge in [0, 0.05) is 28.4 Å². The summed E-state index contributed by atoms with van der Waals surface area (Å²) >= 11 is 0. The van der Waals surface area contributed by atoms with Gasteiger partial charge >= 0.3 is 0 Å². The van der Waals surface area contributed by atoms with Crippen LogP contribution in [0.4, 0.5) is 28.4 Å². The number of carbonyl (C=O) groups is 5. The minimum atomic E-state index is -0.720. The van der Waals surface area contributed by atoms with Gasteiger partial charge in [-0.25, -0.2) is 0 Å². The van der Waals surface area contributed by atoms with Gasteiger partial charge in [0.1, 0.15) is 26.2 Å². The molecule has 0 aliphatic carbocycles. The number of nitrogens with two attached hydrogens (primary N) is 1. The molecule has 258 valence electrons. The highest BCUT2D eigenvalue weighted by Crippen LogP contribution is 2.21. The Balaban J connectivity index is 1.42. The average Bonchev–Trinajstić information content (AvgIpc) is 3.17. The molecular weight excluding hydrogens is 644 g/mol. The van der Waals surface area contributed by atoms with Crippen molar-refractivity contribution in [1.82, 2.24) is 0 Å². The van der Waals surface area contributed by atoms with Crippen LogP contribution in [0.2, 0.25) is 0 Å². The lowest BCUT2D eigenvalue weighted by Crippen LogP contribution is -2.51. The van der Waals surface area contributed by atoms with Crippen molar-refractivity contribution in [2.24, 2.45) is 5.73 Å². The molecule has 51 heavy (non-hydrogen) atoms. The summed E-state index contributed by atoms with van der Waals surface area (Å²) in [6.07, 6.45) is 0. The van der Waals surface area contributed by atoms with Crippen molar-refractivity contribution in [2.45, 2.75) is 0 Å². The zero-order chi connectivity index (χ0) is 36.0. The summed E-state index contributed by atoms with van der Waals surface area (Å²) in [5, 5.41) is 3.10. The molecule has 0 saturated heterocycles. The Hall–Kier alpha value is -6.75. The van der Waals surface area contributed by atoms with E-state index in [0.717, 1.165) is 5.69 Å². The summed E-state index contributed by atoms with van der Waals surface area (Å²) in [6.45, 7) is -1.74. The second kappa shape index (κ2) is 17.6. The van der Waals surface area contributed by atoms with Crippen LogP contribution in [0.25, 0.3) is 0 Å². The van der Waals surface area contributed by atoms with Crippen LogP contribution in [-0.4, -0.2) is 62.3 Å². The standard InChI is InChI=1S/C40H38N6O5/c41-36(47)27-43(32-18-8-2-9-19-32)38(49)29-45(34-22-12-4-13-23-34)40(51)30-46(35-24-14-5-15-25-35)39(50)28-44(33-20-10-3-11-21-33)37(48)26-42-31-16-6-1-7-17-31/h1-25,42H,26-30H2,(H2,41,47). The van der Waals surface area contributed by atoms with Crippen LogP contribution >= 0.6 is 0 Å². The van der Waals surface area contributed by atoms with E-state index in [9.17, 15) is 24.0 Å². The van der Waals surface area contributed by atoms with Crippen LogP contribution < -0.4 is 30.7 Å². The molecule has 5 aromatic rings. The van der Waals surface area contributed by atoms with E-state index in [1.165, 1.54) is 19.6 Å². The number of benzene rings is 5. The number of hydrogen-bond donors (Lipinski definition) is 2. The molecular formula is C40H38N6O5. The van der Waals surface area contributed by atoms with Crippen molar-refractivity contribution >= 4 is 58.0 Å². The van der Waals surface area contributed by atoms with Gasteiger partial charge in [-0.2, -0.15) is 0 Å². The summed E-state index contributed by atoms with van der Waals surface area (Å²) in [5.74, 6) is -2.72. The fraction of sp³-hybridized carbons (Fsp3) is 0.125. The Labute approximate surface area is 296 Å². The number of amides is 5. The number of rotatable bonds is 15. The summed E-state index contributed by atoms with van der Waals surface area (Å²) < 4.78 is 0. The molecule has 0 aromatic heterocycles. The minimum Gasteiger partial charge on any atom is -0.376 e. The van der Waals surface area contributed by atoms with E-state index in [2.05, 4.69) is 5.32 Å². The van der Waals surface area contributed by atoms with Gasteiger partial charge in [-0.15, -0.1) is 0 Å². The van der Waals surface area contributed by atoms with E-state index in [0.29, 0.717) is 22.7 Å². The van der Waals surface area contributed by atoms with Crippen molar-refractivity contribution < 1.29 is 24.0 Å². The number of hydrogen-bond acceptors (Lipinski definition) is 6. The molecule has 0 heterocycles. The van der Waals surface area contributed by atoms with E-state index in [1.807, 2.05) is 36.4 Å². The number of anilines is 5. The second-order valence-corrected chi connectivity index (χ2v) is 11.4. The smallest absolute Gasteiger partial charge is 0.247 e. The van der Waals surface area contributed by atoms with Gasteiger partial charge in [-0.3, -0.25) is 24.0 Å². The predicted octanol–water partition coefficient (Wildman–Crippen LogP) is 4.72. The van der Waals surface area contributed by atoms with Crippen LogP contribution in [0.1, 0.15) is 0 Å². The summed E-state index contributed by atoms with van der Waals surface area (Å²) in [6, 6.07) is 43.9. The zero-order valence-corrected chi connectivity index (χ0v) is 27.9. The lowest BCUT2D eigenvalue weighted by Gasteiger charge is -2.31. The van der Waals surface area contributed by atoms with Crippen LogP contribution in [-0.2, 0) is 24.0 Å². The van der Waals surface area contributed by atoms with Crippen molar-refractivity contribution in [3.8, 4) is 0 Å². The predicted molar refractivity (Wildman–Crippen MR) is 199 cm³/mol. The van der Waals surface area contributed by atoms with Gasteiger partial charge in [-0.05, 0) is 60.7 Å². The molecule has 0 aliphatic heterocycles. The van der Waals surface area contributed by atoms with Gasteiger partial charge in [0.2, 0.25) is 29.5 Å². The Morgan fingerprint density at radius 3 is 0.980 bits per heavy atom. The van der Waals surface area contributed by atoms with Gasteiger partial charge in [0.05, 0.1) is 6.54 Å². The summed E-state index contributed by atoms with van der Waals surface area (Å²) in [7, 11) is 0. The lowest BCUT2D eigenvalue weighted by molar-refractivity contribution is -0.124. The molecule has 0 unspecified atom stereocenters. The van der Waals surface area contributed by atoms with Gasteiger partial charge < -0.3 is 30.7 Å². The maximum atomic E-state index is 14.3. The molecule has 5 amide bonds. The summed E-state index contributed by atoms with van der Waals surface area (Å²) in [5.41, 5.74) is 8.04. The number of primary amides is 1. The highest BCUT2D eigenvalue weighted by Gasteiger charge is 2.30. The number of carbonyl (C=O) groups excluding carboxylic acids is 5. The molecule has 5 aromatic carbocycles. The molecule has 3 N–H and O–H groups in total. The number of nitrogens with zero attached hydrogens (tertiary/aromatic N) is 4. The van der Waals surface area contributed by atoms with Crippen LogP contribution in [0.3, 0.4) is 0 Å². The third-order valence-electron chi connectivity index (χ3n) is 7.89. The van der Waals surface area contributed by atoms with Crippen molar-refractivity contribution in [3.05, 3.63) is 152 Å². The molecule has 0 fully saturated rings. The van der Waals surface area contributed by atoms with E-state index >= 15 is 0 Å². The van der Waals surface area contributed by atoms with Crippen molar-refractivity contribution in [1.29, 1.82) is 0 Å². The minimum absolute atomic E-state index is 0.0798. The number of para-hydroxylation sites is 5. The molecule has 0 spiro atoms. The molecule has 11 nitrogen and oxygen atoms in total. The maximum Gasteiger partial charge on any atom is 0.247 e. The van der Waals surface area contributed by atoms with E-state index in [-0.39, 0.29) is 19.0 Å².